The molecular formula is C11H8BrN3O2. The Bertz CT molecular complexity index is 723. The molecule has 2 heterocycles. The summed E-state index contributed by atoms with van der Waals surface area (Å²) in [7, 11) is 1.59. The molecule has 0 amide bonds. The Morgan fingerprint density at radius 2 is 2.18 bits per heavy atom. The van der Waals surface area contributed by atoms with Crippen LogP contribution in [0.3, 0.4) is 0 Å². The largest absolute Gasteiger partial charge is 0.496 e. The number of aromatic nitrogens is 3. The molecule has 0 saturated heterocycles. The lowest BCUT2D eigenvalue weighted by Gasteiger charge is -2.02. The van der Waals surface area contributed by atoms with Crippen LogP contribution in [0, 0.1) is 0 Å². The SMILES string of the molecule is COc1cc2c(cc1Br)[nH]c1ncnc(O)c12. The third kappa shape index (κ3) is 1.44. The van der Waals surface area contributed by atoms with Crippen molar-refractivity contribution in [1.29, 1.82) is 0 Å². The predicted octanol–water partition coefficient (Wildman–Crippen LogP) is 2.59. The number of H-pyrrole nitrogens is 1. The second-order valence-corrected chi connectivity index (χ2v) is 4.43. The first-order valence-electron chi connectivity index (χ1n) is 4.89. The van der Waals surface area contributed by atoms with Crippen molar-refractivity contribution >= 4 is 37.9 Å². The van der Waals surface area contributed by atoms with Gasteiger partial charge >= 0.3 is 0 Å². The van der Waals surface area contributed by atoms with Gasteiger partial charge in [0.2, 0.25) is 5.88 Å². The molecule has 86 valence electrons. The highest BCUT2D eigenvalue weighted by atomic mass is 79.9. The van der Waals surface area contributed by atoms with Gasteiger partial charge in [0.25, 0.3) is 0 Å². The number of halogens is 1. The molecule has 17 heavy (non-hydrogen) atoms. The number of hydrogen-bond acceptors (Lipinski definition) is 4. The summed E-state index contributed by atoms with van der Waals surface area (Å²) in [6, 6.07) is 3.72. The normalized spacial score (nSPS) is 11.2. The summed E-state index contributed by atoms with van der Waals surface area (Å²) in [5.74, 6) is 0.660. The maximum Gasteiger partial charge on any atom is 0.224 e. The van der Waals surface area contributed by atoms with E-state index in [2.05, 4.69) is 30.9 Å². The average molecular weight is 294 g/mol. The van der Waals surface area contributed by atoms with Gasteiger partial charge < -0.3 is 14.8 Å². The van der Waals surface area contributed by atoms with Crippen LogP contribution in [0.4, 0.5) is 0 Å². The Morgan fingerprint density at radius 3 is 2.94 bits per heavy atom. The van der Waals surface area contributed by atoms with E-state index >= 15 is 0 Å². The predicted molar refractivity (Wildman–Crippen MR) is 67.3 cm³/mol. The molecule has 3 rings (SSSR count). The summed E-state index contributed by atoms with van der Waals surface area (Å²) in [5, 5.41) is 11.2. The number of benzene rings is 1. The standard InChI is InChI=1S/C11H8BrN3O2/c1-17-8-2-5-7(3-6(8)12)15-10-9(5)11(16)14-4-13-10/h2-4H,1H3,(H2,13,14,15,16). The van der Waals surface area contributed by atoms with E-state index in [0.29, 0.717) is 16.8 Å². The van der Waals surface area contributed by atoms with Gasteiger partial charge in [0.15, 0.2) is 0 Å². The number of aromatic amines is 1. The van der Waals surface area contributed by atoms with Gasteiger partial charge in [0.05, 0.1) is 17.0 Å². The molecule has 0 saturated carbocycles. The molecule has 0 bridgehead atoms. The molecule has 0 fully saturated rings. The minimum absolute atomic E-state index is 0.0365. The van der Waals surface area contributed by atoms with Crippen LogP contribution in [-0.4, -0.2) is 27.2 Å². The van der Waals surface area contributed by atoms with Crippen LogP contribution in [0.5, 0.6) is 11.6 Å². The molecule has 2 N–H and O–H groups in total. The highest BCUT2D eigenvalue weighted by Gasteiger charge is 2.13. The quantitative estimate of drug-likeness (QED) is 0.723. The van der Waals surface area contributed by atoms with Crippen molar-refractivity contribution in [3.63, 3.8) is 0 Å². The van der Waals surface area contributed by atoms with E-state index in [1.165, 1.54) is 6.33 Å². The second-order valence-electron chi connectivity index (χ2n) is 3.58. The highest BCUT2D eigenvalue weighted by molar-refractivity contribution is 9.10. The number of nitrogens with one attached hydrogen (secondary N) is 1. The first kappa shape index (κ1) is 10.3. The van der Waals surface area contributed by atoms with Crippen molar-refractivity contribution in [1.82, 2.24) is 15.0 Å². The lowest BCUT2D eigenvalue weighted by Crippen LogP contribution is -1.84. The van der Waals surface area contributed by atoms with Crippen LogP contribution in [0.1, 0.15) is 0 Å². The monoisotopic (exact) mass is 293 g/mol. The van der Waals surface area contributed by atoms with Crippen molar-refractivity contribution in [3.8, 4) is 11.6 Å². The third-order valence-electron chi connectivity index (χ3n) is 2.64. The molecule has 0 radical (unpaired) electrons. The fourth-order valence-corrected chi connectivity index (χ4v) is 2.37. The Hall–Kier alpha value is -1.82. The number of nitrogens with zero attached hydrogens (tertiary/aromatic N) is 2. The van der Waals surface area contributed by atoms with Crippen LogP contribution in [0.2, 0.25) is 0 Å². The van der Waals surface area contributed by atoms with Crippen LogP contribution >= 0.6 is 15.9 Å². The minimum atomic E-state index is -0.0365. The van der Waals surface area contributed by atoms with E-state index in [9.17, 15) is 5.11 Å². The molecule has 3 aromatic rings. The second kappa shape index (κ2) is 3.59. The number of methoxy groups -OCH3 is 1. The van der Waals surface area contributed by atoms with E-state index in [1.807, 2.05) is 12.1 Å². The van der Waals surface area contributed by atoms with Gasteiger partial charge in [-0.2, -0.15) is 0 Å². The summed E-state index contributed by atoms with van der Waals surface area (Å²) in [6.45, 7) is 0. The van der Waals surface area contributed by atoms with Gasteiger partial charge in [-0.3, -0.25) is 0 Å². The minimum Gasteiger partial charge on any atom is -0.496 e. The molecule has 0 aliphatic carbocycles. The van der Waals surface area contributed by atoms with Crippen LogP contribution in [0.25, 0.3) is 21.9 Å². The Labute approximate surface area is 105 Å². The average Bonchev–Trinajstić information content (AvgIpc) is 2.66. The van der Waals surface area contributed by atoms with Gasteiger partial charge in [0, 0.05) is 10.9 Å². The zero-order chi connectivity index (χ0) is 12.0. The van der Waals surface area contributed by atoms with E-state index in [1.54, 1.807) is 7.11 Å². The van der Waals surface area contributed by atoms with E-state index in [0.717, 1.165) is 15.4 Å². The molecule has 0 aliphatic heterocycles. The molecule has 5 nitrogen and oxygen atoms in total. The van der Waals surface area contributed by atoms with Crippen molar-refractivity contribution in [2.45, 2.75) is 0 Å². The summed E-state index contributed by atoms with van der Waals surface area (Å²) in [6.07, 6.45) is 1.32. The van der Waals surface area contributed by atoms with Gasteiger partial charge in [-0.05, 0) is 28.1 Å². The summed E-state index contributed by atoms with van der Waals surface area (Å²) >= 11 is 3.41. The third-order valence-corrected chi connectivity index (χ3v) is 3.26. The molecule has 0 unspecified atom stereocenters. The van der Waals surface area contributed by atoms with Gasteiger partial charge in [-0.1, -0.05) is 0 Å². The maximum absolute atomic E-state index is 9.77. The lowest BCUT2D eigenvalue weighted by molar-refractivity contribution is 0.413. The topological polar surface area (TPSA) is 71.0 Å². The van der Waals surface area contributed by atoms with Crippen LogP contribution < -0.4 is 4.74 Å². The first-order chi connectivity index (χ1) is 8.20. The van der Waals surface area contributed by atoms with Crippen molar-refractivity contribution < 1.29 is 9.84 Å². The Balaban J connectivity index is 2.51. The lowest BCUT2D eigenvalue weighted by atomic mass is 10.2. The fraction of sp³-hybridized carbons (Fsp3) is 0.0909. The van der Waals surface area contributed by atoms with Crippen LogP contribution in [0.15, 0.2) is 22.9 Å². The zero-order valence-electron chi connectivity index (χ0n) is 8.86. The van der Waals surface area contributed by atoms with E-state index < -0.39 is 0 Å². The van der Waals surface area contributed by atoms with Gasteiger partial charge in [-0.15, -0.1) is 0 Å². The Morgan fingerprint density at radius 1 is 1.35 bits per heavy atom. The molecule has 6 heteroatoms. The summed E-state index contributed by atoms with van der Waals surface area (Å²) in [4.78, 5) is 11.0. The molecule has 1 aromatic carbocycles. The van der Waals surface area contributed by atoms with E-state index in [4.69, 9.17) is 4.74 Å². The first-order valence-corrected chi connectivity index (χ1v) is 5.69. The molecule has 0 aliphatic rings. The Kier molecular flexibility index (Phi) is 2.19. The fourth-order valence-electron chi connectivity index (χ4n) is 1.87. The van der Waals surface area contributed by atoms with Crippen LogP contribution in [-0.2, 0) is 0 Å². The molecule has 2 aromatic heterocycles. The maximum atomic E-state index is 9.77. The van der Waals surface area contributed by atoms with Gasteiger partial charge in [-0.25, -0.2) is 9.97 Å². The number of aromatic hydroxyl groups is 1. The smallest absolute Gasteiger partial charge is 0.224 e. The van der Waals surface area contributed by atoms with Crippen molar-refractivity contribution in [2.75, 3.05) is 7.11 Å². The molecular weight excluding hydrogens is 286 g/mol. The van der Waals surface area contributed by atoms with Crippen molar-refractivity contribution in [3.05, 3.63) is 22.9 Å². The van der Waals surface area contributed by atoms with Crippen molar-refractivity contribution in [2.24, 2.45) is 0 Å². The summed E-state index contributed by atoms with van der Waals surface area (Å²) < 4.78 is 6.07. The van der Waals surface area contributed by atoms with Gasteiger partial charge in [0.1, 0.15) is 17.7 Å². The molecule has 0 spiro atoms. The number of rotatable bonds is 1. The number of hydrogen-bond donors (Lipinski definition) is 2. The molecule has 0 atom stereocenters. The number of ether oxygens (including phenoxy) is 1. The zero-order valence-corrected chi connectivity index (χ0v) is 10.4. The van der Waals surface area contributed by atoms with E-state index in [-0.39, 0.29) is 5.88 Å². The number of fused-ring (bicyclic) bond motifs is 3. The summed E-state index contributed by atoms with van der Waals surface area (Å²) in [5.41, 5.74) is 1.47. The highest BCUT2D eigenvalue weighted by Crippen LogP contribution is 2.35.